The lowest BCUT2D eigenvalue weighted by Crippen LogP contribution is -2.54. The largest absolute Gasteiger partial charge is 0.469 e. The molecular formula is C20H32O4Si. The minimum absolute atomic E-state index is 0.0967. The maximum absolute atomic E-state index is 12.6. The Morgan fingerprint density at radius 1 is 1.04 bits per heavy atom. The molecule has 1 rings (SSSR count). The fourth-order valence-corrected chi connectivity index (χ4v) is 9.07. The molecule has 25 heavy (non-hydrogen) atoms. The molecule has 0 aromatic heterocycles. The molecule has 0 N–H and O–H groups in total. The molecule has 0 fully saturated rings. The highest BCUT2D eigenvalue weighted by molar-refractivity contribution is 6.91. The lowest BCUT2D eigenvalue weighted by Gasteiger charge is -2.45. The second-order valence-corrected chi connectivity index (χ2v) is 12.8. The lowest BCUT2D eigenvalue weighted by atomic mass is 9.81. The molecule has 0 aliphatic rings. The van der Waals surface area contributed by atoms with Gasteiger partial charge in [-0.2, -0.15) is 0 Å². The van der Waals surface area contributed by atoms with Crippen molar-refractivity contribution in [2.75, 3.05) is 14.2 Å². The van der Waals surface area contributed by atoms with Crippen molar-refractivity contribution < 1.29 is 19.1 Å². The van der Waals surface area contributed by atoms with Crippen LogP contribution in [0, 0.1) is 11.3 Å². The molecule has 1 aromatic carbocycles. The van der Waals surface area contributed by atoms with E-state index in [2.05, 4.69) is 46.0 Å². The highest BCUT2D eigenvalue weighted by atomic mass is 28.3. The number of carbonyl (C=O) groups excluding carboxylic acids is 2. The van der Waals surface area contributed by atoms with Crippen LogP contribution >= 0.6 is 0 Å². The number of esters is 2. The standard InChI is InChI=1S/C20H32O4Si/c1-20(2,3)18(25(6,7)15-11-9-8-10-12-15)16(19(22)24-5)13-14-17(21)23-4/h8-12,16,18H,13-14H2,1-7H3/t16-,18+/m1/s1. The molecule has 0 saturated heterocycles. The molecule has 4 nitrogen and oxygen atoms in total. The second kappa shape index (κ2) is 8.65. The predicted molar refractivity (Wildman–Crippen MR) is 104 cm³/mol. The van der Waals surface area contributed by atoms with Crippen LogP contribution in [0.2, 0.25) is 18.6 Å². The van der Waals surface area contributed by atoms with Crippen molar-refractivity contribution in [2.45, 2.75) is 52.2 Å². The topological polar surface area (TPSA) is 52.6 Å². The summed E-state index contributed by atoms with van der Waals surface area (Å²) < 4.78 is 9.89. The summed E-state index contributed by atoms with van der Waals surface area (Å²) in [6.07, 6.45) is 0.673. The summed E-state index contributed by atoms with van der Waals surface area (Å²) in [5, 5.41) is 1.31. The summed E-state index contributed by atoms with van der Waals surface area (Å²) in [6, 6.07) is 10.4. The average Bonchev–Trinajstić information content (AvgIpc) is 2.56. The van der Waals surface area contributed by atoms with Crippen LogP contribution in [0.1, 0.15) is 33.6 Å². The van der Waals surface area contributed by atoms with Gasteiger partial charge in [0, 0.05) is 6.42 Å². The maximum Gasteiger partial charge on any atom is 0.308 e. The molecule has 140 valence electrons. The highest BCUT2D eigenvalue weighted by Crippen LogP contribution is 2.46. The van der Waals surface area contributed by atoms with Crippen LogP contribution in [0.15, 0.2) is 30.3 Å². The van der Waals surface area contributed by atoms with Crippen molar-refractivity contribution in [1.29, 1.82) is 0 Å². The molecular weight excluding hydrogens is 332 g/mol. The Labute approximate surface area is 152 Å². The van der Waals surface area contributed by atoms with Crippen LogP contribution < -0.4 is 5.19 Å². The van der Waals surface area contributed by atoms with E-state index >= 15 is 0 Å². The number of carbonyl (C=O) groups is 2. The Balaban J connectivity index is 3.33. The van der Waals surface area contributed by atoms with E-state index in [1.807, 2.05) is 18.2 Å². The summed E-state index contributed by atoms with van der Waals surface area (Å²) in [4.78, 5) is 24.3. The first-order valence-electron chi connectivity index (χ1n) is 8.75. The third kappa shape index (κ3) is 5.43. The smallest absolute Gasteiger partial charge is 0.308 e. The number of methoxy groups -OCH3 is 2. The molecule has 0 unspecified atom stereocenters. The first-order valence-corrected chi connectivity index (χ1v) is 11.8. The first-order chi connectivity index (χ1) is 11.6. The molecule has 0 aliphatic carbocycles. The van der Waals surface area contributed by atoms with Gasteiger partial charge in [0.15, 0.2) is 0 Å². The van der Waals surface area contributed by atoms with E-state index in [0.29, 0.717) is 6.42 Å². The summed E-state index contributed by atoms with van der Waals surface area (Å²) in [7, 11) is 0.774. The average molecular weight is 365 g/mol. The highest BCUT2D eigenvalue weighted by Gasteiger charge is 2.48. The van der Waals surface area contributed by atoms with Crippen LogP contribution in [-0.2, 0) is 19.1 Å². The van der Waals surface area contributed by atoms with Gasteiger partial charge in [0.25, 0.3) is 0 Å². The Morgan fingerprint density at radius 3 is 2.04 bits per heavy atom. The van der Waals surface area contributed by atoms with E-state index in [1.165, 1.54) is 19.4 Å². The molecule has 0 amide bonds. The van der Waals surface area contributed by atoms with Gasteiger partial charge in [-0.25, -0.2) is 0 Å². The van der Waals surface area contributed by atoms with Crippen LogP contribution in [0.5, 0.6) is 0 Å². The van der Waals surface area contributed by atoms with E-state index in [-0.39, 0.29) is 35.2 Å². The fraction of sp³-hybridized carbons (Fsp3) is 0.600. The quantitative estimate of drug-likeness (QED) is 0.546. The maximum atomic E-state index is 12.6. The zero-order valence-corrected chi connectivity index (χ0v) is 17.6. The second-order valence-electron chi connectivity index (χ2n) is 8.18. The van der Waals surface area contributed by atoms with Gasteiger partial charge in [0.1, 0.15) is 0 Å². The zero-order valence-electron chi connectivity index (χ0n) is 16.6. The summed E-state index contributed by atoms with van der Waals surface area (Å²) in [5.41, 5.74) is 0.0279. The third-order valence-electron chi connectivity index (χ3n) is 5.02. The van der Waals surface area contributed by atoms with Crippen LogP contribution in [-0.4, -0.2) is 34.2 Å². The van der Waals surface area contributed by atoms with Crippen LogP contribution in [0.3, 0.4) is 0 Å². The van der Waals surface area contributed by atoms with Gasteiger partial charge in [-0.15, -0.1) is 0 Å². The van der Waals surface area contributed by atoms with Gasteiger partial charge in [0.05, 0.1) is 28.2 Å². The zero-order chi connectivity index (χ0) is 19.3. The fourth-order valence-electron chi connectivity index (χ4n) is 4.18. The molecule has 0 saturated carbocycles. The van der Waals surface area contributed by atoms with E-state index in [0.717, 1.165) is 0 Å². The molecule has 0 spiro atoms. The SMILES string of the molecule is COC(=O)CC[C@@H](C(=O)OC)[C@@H](C(C)(C)C)[Si](C)(C)c1ccccc1. The normalized spacial score (nSPS) is 14.5. The molecule has 2 atom stereocenters. The van der Waals surface area contributed by atoms with Gasteiger partial charge in [0.2, 0.25) is 0 Å². The minimum Gasteiger partial charge on any atom is -0.469 e. The van der Waals surface area contributed by atoms with Crippen molar-refractivity contribution in [3.05, 3.63) is 30.3 Å². The monoisotopic (exact) mass is 364 g/mol. The van der Waals surface area contributed by atoms with E-state index < -0.39 is 8.07 Å². The van der Waals surface area contributed by atoms with Gasteiger partial charge in [-0.05, 0) is 17.4 Å². The third-order valence-corrected chi connectivity index (χ3v) is 9.67. The number of hydrogen-bond acceptors (Lipinski definition) is 4. The molecule has 0 aliphatic heterocycles. The van der Waals surface area contributed by atoms with Gasteiger partial charge < -0.3 is 9.47 Å². The Kier molecular flexibility index (Phi) is 7.41. The van der Waals surface area contributed by atoms with Gasteiger partial charge >= 0.3 is 11.9 Å². The molecule has 1 aromatic rings. The lowest BCUT2D eigenvalue weighted by molar-refractivity contribution is -0.147. The predicted octanol–water partition coefficient (Wildman–Crippen LogP) is 3.76. The van der Waals surface area contributed by atoms with Crippen molar-refractivity contribution in [3.8, 4) is 0 Å². The van der Waals surface area contributed by atoms with Crippen molar-refractivity contribution in [3.63, 3.8) is 0 Å². The summed E-state index contributed by atoms with van der Waals surface area (Å²) in [6.45, 7) is 11.1. The summed E-state index contributed by atoms with van der Waals surface area (Å²) >= 11 is 0. The minimum atomic E-state index is -2.02. The van der Waals surface area contributed by atoms with Crippen LogP contribution in [0.4, 0.5) is 0 Å². The molecule has 0 heterocycles. The van der Waals surface area contributed by atoms with Gasteiger partial charge in [-0.3, -0.25) is 9.59 Å². The molecule has 5 heteroatoms. The van der Waals surface area contributed by atoms with Crippen molar-refractivity contribution in [1.82, 2.24) is 0 Å². The number of ether oxygens (including phenoxy) is 2. The van der Waals surface area contributed by atoms with E-state index in [4.69, 9.17) is 9.47 Å². The van der Waals surface area contributed by atoms with E-state index in [1.54, 1.807) is 0 Å². The number of hydrogen-bond donors (Lipinski definition) is 0. The van der Waals surface area contributed by atoms with Crippen molar-refractivity contribution >= 4 is 25.2 Å². The molecule has 0 bridgehead atoms. The van der Waals surface area contributed by atoms with E-state index in [9.17, 15) is 9.59 Å². The number of rotatable bonds is 7. The Hall–Kier alpha value is -1.62. The van der Waals surface area contributed by atoms with Gasteiger partial charge in [-0.1, -0.05) is 69.4 Å². The Bertz CT molecular complexity index is 575. The Morgan fingerprint density at radius 2 is 1.60 bits per heavy atom. The first kappa shape index (κ1) is 21.4. The summed E-state index contributed by atoms with van der Waals surface area (Å²) in [5.74, 6) is -0.855. The number of benzene rings is 1. The molecule has 0 radical (unpaired) electrons. The van der Waals surface area contributed by atoms with Crippen molar-refractivity contribution in [2.24, 2.45) is 11.3 Å². The van der Waals surface area contributed by atoms with Crippen LogP contribution in [0.25, 0.3) is 0 Å².